The summed E-state index contributed by atoms with van der Waals surface area (Å²) in [5.74, 6) is -6.23. The van der Waals surface area contributed by atoms with Crippen molar-refractivity contribution < 1.29 is 65.3 Å². The number of ether oxygens (including phenoxy) is 2. The third kappa shape index (κ3) is 6.34. The summed E-state index contributed by atoms with van der Waals surface area (Å²) in [6, 6.07) is 5.06. The number of phenolic OH excluding ortho intramolecular Hbond substituents is 8. The van der Waals surface area contributed by atoms with E-state index >= 15 is 0 Å². The van der Waals surface area contributed by atoms with Gasteiger partial charge in [0.2, 0.25) is 0 Å². The molecule has 0 radical (unpaired) electrons. The molecule has 0 bridgehead atoms. The molecule has 3 aromatic carbocycles. The predicted octanol–water partition coefficient (Wildman–Crippen LogP) is 3.24. The third-order valence-electron chi connectivity index (χ3n) is 6.68. The lowest BCUT2D eigenvalue weighted by atomic mass is 9.90. The fourth-order valence-corrected chi connectivity index (χ4v) is 6.72. The number of rotatable bonds is 10. The second-order valence-corrected chi connectivity index (χ2v) is 12.2. The molecule has 0 saturated carbocycles. The molecule has 0 aliphatic carbocycles. The molecule has 1 aliphatic heterocycles. The number of phenols is 8. The Kier molecular flexibility index (Phi) is 9.69. The fraction of sp³-hybridized carbons (Fsp3) is 0.321. The van der Waals surface area contributed by atoms with Gasteiger partial charge in [-0.05, 0) is 31.2 Å². The van der Waals surface area contributed by atoms with Crippen LogP contribution in [0.1, 0.15) is 50.6 Å². The van der Waals surface area contributed by atoms with Gasteiger partial charge >= 0.3 is 5.97 Å². The zero-order valence-corrected chi connectivity index (χ0v) is 24.2. The van der Waals surface area contributed by atoms with Gasteiger partial charge < -0.3 is 60.5 Å². The van der Waals surface area contributed by atoms with Crippen LogP contribution in [0.3, 0.4) is 0 Å². The first-order chi connectivity index (χ1) is 20.4. The van der Waals surface area contributed by atoms with Crippen molar-refractivity contribution in [2.75, 3.05) is 24.7 Å². The van der Waals surface area contributed by atoms with Crippen LogP contribution in [0.4, 0.5) is 0 Å². The van der Waals surface area contributed by atoms with E-state index in [1.807, 2.05) is 0 Å². The lowest BCUT2D eigenvalue weighted by Gasteiger charge is -2.40. The van der Waals surface area contributed by atoms with Crippen molar-refractivity contribution in [2.24, 2.45) is 0 Å². The van der Waals surface area contributed by atoms with Gasteiger partial charge in [0.25, 0.3) is 0 Å². The highest BCUT2D eigenvalue weighted by molar-refractivity contribution is 7.99. The summed E-state index contributed by atoms with van der Waals surface area (Å²) in [6.45, 7) is 1.23. The Morgan fingerprint density at radius 3 is 1.93 bits per heavy atom. The van der Waals surface area contributed by atoms with Crippen LogP contribution in [0.15, 0.2) is 30.3 Å². The van der Waals surface area contributed by atoms with Crippen molar-refractivity contribution in [3.05, 3.63) is 52.6 Å². The molecule has 3 aromatic rings. The molecule has 1 aliphatic rings. The number of fused-ring (bicyclic) bond motifs is 1. The molecule has 10 N–H and O–H groups in total. The van der Waals surface area contributed by atoms with Gasteiger partial charge in [0, 0.05) is 33.9 Å². The summed E-state index contributed by atoms with van der Waals surface area (Å²) < 4.78 is 11.9. The first-order valence-electron chi connectivity index (χ1n) is 12.8. The molecule has 4 rings (SSSR count). The van der Waals surface area contributed by atoms with Crippen LogP contribution in [-0.4, -0.2) is 87.9 Å². The molecule has 0 saturated heterocycles. The van der Waals surface area contributed by atoms with Gasteiger partial charge in [0.15, 0.2) is 46.7 Å². The van der Waals surface area contributed by atoms with Gasteiger partial charge in [0.1, 0.15) is 17.2 Å². The van der Waals surface area contributed by atoms with Crippen LogP contribution >= 0.6 is 23.5 Å². The maximum Gasteiger partial charge on any atom is 0.338 e. The Balaban J connectivity index is 1.90. The number of aliphatic hydroxyl groups is 2. The van der Waals surface area contributed by atoms with E-state index in [0.717, 1.165) is 36.0 Å². The minimum atomic E-state index is -1.40. The number of aromatic hydroxyl groups is 8. The quantitative estimate of drug-likeness (QED) is 0.113. The van der Waals surface area contributed by atoms with E-state index < -0.39 is 63.2 Å². The minimum absolute atomic E-state index is 0.0113. The molecule has 4 atom stereocenters. The molecule has 4 unspecified atom stereocenters. The number of carbonyl (C=O) groups is 1. The maximum absolute atomic E-state index is 13.3. The maximum atomic E-state index is 13.3. The summed E-state index contributed by atoms with van der Waals surface area (Å²) in [5, 5.41) is 99.6. The first-order valence-corrected chi connectivity index (χ1v) is 14.9. The van der Waals surface area contributed by atoms with E-state index in [0.29, 0.717) is 5.75 Å². The Bertz CT molecular complexity index is 1470. The molecule has 0 aromatic heterocycles. The number of thioether (sulfide) groups is 2. The van der Waals surface area contributed by atoms with E-state index in [-0.39, 0.29) is 58.5 Å². The Morgan fingerprint density at radius 2 is 1.37 bits per heavy atom. The zero-order chi connectivity index (χ0) is 31.6. The molecule has 232 valence electrons. The smallest absolute Gasteiger partial charge is 0.338 e. The standard InChI is InChI=1S/C28H30O13S2/c1-11(42-4-2-29)20-14(31)10-19-21(24(20)38)27(43-5-3-30)26(25(40-19)12-6-15(32)22(36)16(33)7-12)41-28(39)13-8-17(34)23(37)18(35)9-13/h6-11,25-27,29-38H,2-5H2,1H3. The summed E-state index contributed by atoms with van der Waals surface area (Å²) in [7, 11) is 0. The number of hydrogen-bond acceptors (Lipinski definition) is 15. The van der Waals surface area contributed by atoms with Crippen LogP contribution in [0.5, 0.6) is 51.7 Å². The predicted molar refractivity (Wildman–Crippen MR) is 155 cm³/mol. The molecule has 0 fully saturated rings. The van der Waals surface area contributed by atoms with Crippen LogP contribution in [0, 0.1) is 0 Å². The van der Waals surface area contributed by atoms with Crippen molar-refractivity contribution in [3.63, 3.8) is 0 Å². The molecule has 43 heavy (non-hydrogen) atoms. The van der Waals surface area contributed by atoms with Gasteiger partial charge in [0.05, 0.1) is 29.6 Å². The lowest BCUT2D eigenvalue weighted by molar-refractivity contribution is -0.0204. The second-order valence-electron chi connectivity index (χ2n) is 9.50. The van der Waals surface area contributed by atoms with Crippen LogP contribution in [0.25, 0.3) is 0 Å². The fourth-order valence-electron chi connectivity index (χ4n) is 4.72. The van der Waals surface area contributed by atoms with Crippen molar-refractivity contribution in [2.45, 2.75) is 29.6 Å². The minimum Gasteiger partial charge on any atom is -0.507 e. The monoisotopic (exact) mass is 638 g/mol. The largest absolute Gasteiger partial charge is 0.507 e. The number of benzene rings is 3. The van der Waals surface area contributed by atoms with E-state index in [9.17, 15) is 55.9 Å². The second kappa shape index (κ2) is 13.1. The zero-order valence-electron chi connectivity index (χ0n) is 22.5. The van der Waals surface area contributed by atoms with Crippen LogP contribution in [-0.2, 0) is 4.74 Å². The van der Waals surface area contributed by atoms with E-state index in [4.69, 9.17) is 9.47 Å². The van der Waals surface area contributed by atoms with Gasteiger partial charge in [-0.25, -0.2) is 4.79 Å². The lowest BCUT2D eigenvalue weighted by Crippen LogP contribution is -2.37. The van der Waals surface area contributed by atoms with Gasteiger partial charge in [-0.15, -0.1) is 11.8 Å². The Morgan fingerprint density at radius 1 is 0.814 bits per heavy atom. The van der Waals surface area contributed by atoms with Gasteiger partial charge in [-0.1, -0.05) is 0 Å². The van der Waals surface area contributed by atoms with Crippen molar-refractivity contribution >= 4 is 29.5 Å². The molecule has 1 heterocycles. The average molecular weight is 639 g/mol. The summed E-state index contributed by atoms with van der Waals surface area (Å²) in [5.41, 5.74) is -0.144. The molecular weight excluding hydrogens is 608 g/mol. The highest BCUT2D eigenvalue weighted by Gasteiger charge is 2.46. The SMILES string of the molecule is CC(SCCO)c1c(O)cc2c(c1O)C(SCCO)C(OC(=O)c1cc(O)c(O)c(O)c1)C(c1cc(O)c(O)c(O)c1)O2. The number of hydrogen-bond donors (Lipinski definition) is 10. The topological polar surface area (TPSA) is 238 Å². The van der Waals surface area contributed by atoms with E-state index in [1.54, 1.807) is 6.92 Å². The van der Waals surface area contributed by atoms with Gasteiger partial charge in [-0.2, -0.15) is 11.8 Å². The average Bonchev–Trinajstić information content (AvgIpc) is 2.96. The Labute approximate surface area is 253 Å². The van der Waals surface area contributed by atoms with Crippen molar-refractivity contribution in [3.8, 4) is 51.7 Å². The number of aliphatic hydroxyl groups excluding tert-OH is 2. The first kappa shape index (κ1) is 31.9. The molecule has 15 heteroatoms. The summed E-state index contributed by atoms with van der Waals surface area (Å²) in [6.07, 6.45) is -2.75. The van der Waals surface area contributed by atoms with E-state index in [1.165, 1.54) is 17.8 Å². The molecule has 0 amide bonds. The van der Waals surface area contributed by atoms with E-state index in [2.05, 4.69) is 0 Å². The third-order valence-corrected chi connectivity index (χ3v) is 9.11. The summed E-state index contributed by atoms with van der Waals surface area (Å²) in [4.78, 5) is 13.3. The normalized spacial score (nSPS) is 18.4. The number of carbonyl (C=O) groups excluding carboxylic acids is 1. The van der Waals surface area contributed by atoms with Gasteiger partial charge in [-0.3, -0.25) is 0 Å². The van der Waals surface area contributed by atoms with Crippen molar-refractivity contribution in [1.29, 1.82) is 0 Å². The molecule has 13 nitrogen and oxygen atoms in total. The molecular formula is C28H30O13S2. The highest BCUT2D eigenvalue weighted by atomic mass is 32.2. The molecule has 0 spiro atoms. The highest BCUT2D eigenvalue weighted by Crippen LogP contribution is 2.57. The Hall–Kier alpha value is -4.05. The number of esters is 1. The van der Waals surface area contributed by atoms with Crippen LogP contribution < -0.4 is 4.74 Å². The summed E-state index contributed by atoms with van der Waals surface area (Å²) >= 11 is 2.31. The van der Waals surface area contributed by atoms with Crippen molar-refractivity contribution in [1.82, 2.24) is 0 Å². The van der Waals surface area contributed by atoms with Crippen LogP contribution in [0.2, 0.25) is 0 Å².